The Morgan fingerprint density at radius 3 is 2.31 bits per heavy atom. The van der Waals surface area contributed by atoms with Crippen molar-refractivity contribution in [2.24, 2.45) is 4.99 Å². The molecular weight excluding hydrogens is 656 g/mol. The van der Waals surface area contributed by atoms with Gasteiger partial charge < -0.3 is 14.4 Å². The van der Waals surface area contributed by atoms with Crippen LogP contribution in [-0.4, -0.2) is 54.2 Å². The summed E-state index contributed by atoms with van der Waals surface area (Å²) in [5, 5.41) is 3.07. The zero-order valence-electron chi connectivity index (χ0n) is 25.6. The molecule has 250 valence electrons. The molecule has 6 nitrogen and oxygen atoms in total. The number of hydrogen-bond acceptors (Lipinski definition) is 6. The van der Waals surface area contributed by atoms with Crippen LogP contribution < -0.4 is 9.47 Å². The molecule has 4 aromatic rings. The molecule has 13 heteroatoms. The molecule has 1 fully saturated rings. The molecule has 0 spiro atoms. The predicted octanol–water partition coefficient (Wildman–Crippen LogP) is 8.25. The summed E-state index contributed by atoms with van der Waals surface area (Å²) in [5.41, 5.74) is -1.46. The lowest BCUT2D eigenvalue weighted by molar-refractivity contribution is -0.143. The van der Waals surface area contributed by atoms with E-state index in [4.69, 9.17) is 9.47 Å². The second-order valence-electron chi connectivity index (χ2n) is 11.3. The smallest absolute Gasteiger partial charge is 0.416 e. The third-order valence-electron chi connectivity index (χ3n) is 8.14. The normalized spacial score (nSPS) is 16.9. The summed E-state index contributed by atoms with van der Waals surface area (Å²) < 4.78 is 90.7. The summed E-state index contributed by atoms with van der Waals surface area (Å²) in [6, 6.07) is 20.7. The van der Waals surface area contributed by atoms with Gasteiger partial charge in [0.2, 0.25) is 0 Å². The molecule has 6 rings (SSSR count). The molecule has 0 radical (unpaired) electrons. The number of ether oxygens (including phenoxy) is 2. The number of aliphatic imine (C=N–C) groups is 1. The van der Waals surface area contributed by atoms with Gasteiger partial charge in [-0.2, -0.15) is 31.3 Å². The van der Waals surface area contributed by atoms with Crippen molar-refractivity contribution < 1.29 is 40.6 Å². The molecule has 2 aliphatic heterocycles. The number of hydrogen-bond donors (Lipinski definition) is 0. The number of piperazine rings is 1. The maximum Gasteiger partial charge on any atom is 0.416 e. The van der Waals surface area contributed by atoms with Crippen LogP contribution >= 0.6 is 11.8 Å². The number of rotatable bonds is 7. The summed E-state index contributed by atoms with van der Waals surface area (Å²) >= 11 is 1.27. The number of amides is 1. The lowest BCUT2D eigenvalue weighted by Crippen LogP contribution is -2.47. The number of thioether (sulfide) groups is 1. The van der Waals surface area contributed by atoms with Crippen molar-refractivity contribution >= 4 is 39.7 Å². The van der Waals surface area contributed by atoms with Gasteiger partial charge in [-0.3, -0.25) is 9.69 Å². The SMILES string of the molecule is COc1cc(C=C2SC(N3CCN(Cc4cccc5ccccc45)CC3)=NC2=O)ccc1OCc1ccc(C(F)(F)F)cc1C(F)(F)F. The van der Waals surface area contributed by atoms with Crippen molar-refractivity contribution in [1.82, 2.24) is 9.80 Å². The minimum atomic E-state index is -5.02. The first-order valence-electron chi connectivity index (χ1n) is 14.9. The first kappa shape index (κ1) is 33.4. The summed E-state index contributed by atoms with van der Waals surface area (Å²) in [6.07, 6.45) is -8.30. The van der Waals surface area contributed by atoms with Crippen molar-refractivity contribution in [2.75, 3.05) is 33.3 Å². The number of carbonyl (C=O) groups excluding carboxylic acids is 1. The number of fused-ring (bicyclic) bond motifs is 1. The van der Waals surface area contributed by atoms with Gasteiger partial charge in [0.15, 0.2) is 16.7 Å². The molecule has 1 saturated heterocycles. The summed E-state index contributed by atoms with van der Waals surface area (Å²) in [7, 11) is 1.34. The lowest BCUT2D eigenvalue weighted by Gasteiger charge is -2.35. The van der Waals surface area contributed by atoms with Gasteiger partial charge >= 0.3 is 12.4 Å². The minimum Gasteiger partial charge on any atom is -0.493 e. The molecule has 0 N–H and O–H groups in total. The van der Waals surface area contributed by atoms with E-state index in [0.29, 0.717) is 34.8 Å². The monoisotopic (exact) mass is 685 g/mol. The Balaban J connectivity index is 1.08. The maximum atomic E-state index is 13.6. The highest BCUT2D eigenvalue weighted by atomic mass is 32.2. The Kier molecular flexibility index (Phi) is 9.44. The fourth-order valence-electron chi connectivity index (χ4n) is 5.64. The number of nitrogens with zero attached hydrogens (tertiary/aromatic N) is 3. The summed E-state index contributed by atoms with van der Waals surface area (Å²) in [6.45, 7) is 3.23. The average molecular weight is 686 g/mol. The molecule has 0 aromatic heterocycles. The van der Waals surface area contributed by atoms with Crippen molar-refractivity contribution in [2.45, 2.75) is 25.5 Å². The van der Waals surface area contributed by atoms with Crippen LogP contribution in [0.3, 0.4) is 0 Å². The van der Waals surface area contributed by atoms with Gasteiger partial charge in [0.05, 0.1) is 23.1 Å². The van der Waals surface area contributed by atoms with Crippen LogP contribution in [0.5, 0.6) is 11.5 Å². The maximum absolute atomic E-state index is 13.6. The average Bonchev–Trinajstić information content (AvgIpc) is 3.43. The quantitative estimate of drug-likeness (QED) is 0.144. The molecule has 0 saturated carbocycles. The molecule has 0 unspecified atom stereocenters. The van der Waals surface area contributed by atoms with E-state index in [-0.39, 0.29) is 23.5 Å². The van der Waals surface area contributed by atoms with Crippen LogP contribution in [0, 0.1) is 0 Å². The standard InChI is InChI=1S/C35H29F6N3O3S/c1-46-30-17-22(9-12-29(30)47-21-25-10-11-26(34(36,37)38)19-28(25)35(39,40)41)18-31-32(45)42-33(48-31)44-15-13-43(14-16-44)20-24-7-4-6-23-5-2-3-8-27(23)24/h2-12,17-19H,13-16,20-21H2,1H3. The number of alkyl halides is 6. The number of methoxy groups -OCH3 is 1. The van der Waals surface area contributed by atoms with Crippen LogP contribution in [0.1, 0.15) is 27.8 Å². The fourth-order valence-corrected chi connectivity index (χ4v) is 6.61. The van der Waals surface area contributed by atoms with E-state index in [0.717, 1.165) is 25.7 Å². The van der Waals surface area contributed by atoms with Gasteiger partial charge in [-0.25, -0.2) is 0 Å². The molecule has 1 amide bonds. The second kappa shape index (κ2) is 13.6. The van der Waals surface area contributed by atoms with E-state index < -0.39 is 35.6 Å². The van der Waals surface area contributed by atoms with Crippen molar-refractivity contribution in [3.05, 3.63) is 112 Å². The van der Waals surface area contributed by atoms with Gasteiger partial charge in [0.1, 0.15) is 6.61 Å². The van der Waals surface area contributed by atoms with Gasteiger partial charge in [-0.1, -0.05) is 54.6 Å². The Hall–Kier alpha value is -4.49. The van der Waals surface area contributed by atoms with Crippen LogP contribution in [0.25, 0.3) is 16.8 Å². The van der Waals surface area contributed by atoms with Gasteiger partial charge in [-0.15, -0.1) is 0 Å². The van der Waals surface area contributed by atoms with Crippen LogP contribution in [0.15, 0.2) is 88.8 Å². The first-order chi connectivity index (χ1) is 22.9. The molecule has 2 aliphatic rings. The molecule has 0 atom stereocenters. The number of carbonyl (C=O) groups is 1. The highest BCUT2D eigenvalue weighted by molar-refractivity contribution is 8.18. The molecule has 4 aromatic carbocycles. The third kappa shape index (κ3) is 7.47. The predicted molar refractivity (Wildman–Crippen MR) is 173 cm³/mol. The Bertz CT molecular complexity index is 1890. The van der Waals surface area contributed by atoms with E-state index in [1.807, 2.05) is 12.1 Å². The Labute approximate surface area is 276 Å². The minimum absolute atomic E-state index is 0.0735. The van der Waals surface area contributed by atoms with Crippen molar-refractivity contribution in [1.29, 1.82) is 0 Å². The van der Waals surface area contributed by atoms with E-state index in [2.05, 4.69) is 45.1 Å². The van der Waals surface area contributed by atoms with Gasteiger partial charge in [-0.05, 0) is 64.0 Å². The molecular formula is C35H29F6N3O3S. The van der Waals surface area contributed by atoms with E-state index in [1.165, 1.54) is 41.3 Å². The first-order valence-corrected chi connectivity index (χ1v) is 15.8. The lowest BCUT2D eigenvalue weighted by atomic mass is 10.0. The van der Waals surface area contributed by atoms with E-state index >= 15 is 0 Å². The number of halogens is 6. The second-order valence-corrected chi connectivity index (χ2v) is 12.3. The zero-order valence-corrected chi connectivity index (χ0v) is 26.4. The van der Waals surface area contributed by atoms with Crippen LogP contribution in [0.4, 0.5) is 26.3 Å². The largest absolute Gasteiger partial charge is 0.493 e. The van der Waals surface area contributed by atoms with E-state index in [1.54, 1.807) is 18.2 Å². The van der Waals surface area contributed by atoms with Gasteiger partial charge in [0, 0.05) is 38.3 Å². The van der Waals surface area contributed by atoms with Crippen molar-refractivity contribution in [3.8, 4) is 11.5 Å². The van der Waals surface area contributed by atoms with Crippen LogP contribution in [-0.2, 0) is 30.3 Å². The Morgan fingerprint density at radius 1 is 0.833 bits per heavy atom. The third-order valence-corrected chi connectivity index (χ3v) is 9.18. The number of benzene rings is 4. The Morgan fingerprint density at radius 2 is 1.58 bits per heavy atom. The topological polar surface area (TPSA) is 54.4 Å². The summed E-state index contributed by atoms with van der Waals surface area (Å²) in [4.78, 5) is 22.0. The molecule has 0 bridgehead atoms. The highest BCUT2D eigenvalue weighted by Gasteiger charge is 2.38. The van der Waals surface area contributed by atoms with Gasteiger partial charge in [0.25, 0.3) is 5.91 Å². The number of amidine groups is 1. The molecule has 2 heterocycles. The fraction of sp³-hybridized carbons (Fsp3) is 0.257. The highest BCUT2D eigenvalue weighted by Crippen LogP contribution is 2.39. The van der Waals surface area contributed by atoms with Crippen LogP contribution in [0.2, 0.25) is 0 Å². The van der Waals surface area contributed by atoms with E-state index in [9.17, 15) is 31.1 Å². The molecule has 0 aliphatic carbocycles. The zero-order chi connectivity index (χ0) is 34.1. The molecule has 48 heavy (non-hydrogen) atoms. The summed E-state index contributed by atoms with van der Waals surface area (Å²) in [5.74, 6) is -0.130. The van der Waals surface area contributed by atoms with Crippen molar-refractivity contribution in [3.63, 3.8) is 0 Å².